The standard InChI is InChI=1S/C10H13BrClN3/c1-13-15-3-2-7(6-15)8-4-9(11)10(12)14-5-8/h4-5,7,13H,2-3,6H2,1H3/t7-/m1/s1. The fourth-order valence-corrected chi connectivity index (χ4v) is 2.36. The van der Waals surface area contributed by atoms with E-state index in [0.717, 1.165) is 24.0 Å². The lowest BCUT2D eigenvalue weighted by molar-refractivity contribution is 0.258. The van der Waals surface area contributed by atoms with E-state index < -0.39 is 0 Å². The first-order valence-electron chi connectivity index (χ1n) is 4.94. The lowest BCUT2D eigenvalue weighted by Crippen LogP contribution is -2.32. The van der Waals surface area contributed by atoms with Crippen molar-refractivity contribution in [3.63, 3.8) is 0 Å². The first-order chi connectivity index (χ1) is 7.20. The van der Waals surface area contributed by atoms with E-state index in [1.54, 1.807) is 0 Å². The van der Waals surface area contributed by atoms with Crippen molar-refractivity contribution < 1.29 is 0 Å². The molecule has 2 rings (SSSR count). The summed E-state index contributed by atoms with van der Waals surface area (Å²) >= 11 is 9.26. The van der Waals surface area contributed by atoms with Gasteiger partial charge in [0.2, 0.25) is 0 Å². The summed E-state index contributed by atoms with van der Waals surface area (Å²) in [5.74, 6) is 0.554. The Bertz CT molecular complexity index is 359. The van der Waals surface area contributed by atoms with Crippen LogP contribution in [0.5, 0.6) is 0 Å². The van der Waals surface area contributed by atoms with Gasteiger partial charge in [-0.1, -0.05) is 11.6 Å². The Morgan fingerprint density at radius 1 is 1.67 bits per heavy atom. The molecule has 2 heterocycles. The zero-order valence-corrected chi connectivity index (χ0v) is 10.8. The summed E-state index contributed by atoms with van der Waals surface area (Å²) in [6, 6.07) is 2.07. The van der Waals surface area contributed by atoms with Crippen molar-refractivity contribution in [2.45, 2.75) is 12.3 Å². The van der Waals surface area contributed by atoms with Crippen LogP contribution < -0.4 is 5.43 Å². The van der Waals surface area contributed by atoms with Gasteiger partial charge in [-0.05, 0) is 41.0 Å². The van der Waals surface area contributed by atoms with E-state index in [0.29, 0.717) is 11.1 Å². The van der Waals surface area contributed by atoms with Gasteiger partial charge in [-0.15, -0.1) is 0 Å². The van der Waals surface area contributed by atoms with Gasteiger partial charge in [0.05, 0.1) is 4.47 Å². The zero-order valence-electron chi connectivity index (χ0n) is 8.50. The molecule has 1 aliphatic rings. The highest BCUT2D eigenvalue weighted by Crippen LogP contribution is 2.29. The number of hydrazine groups is 1. The number of rotatable bonds is 2. The predicted octanol–water partition coefficient (Wildman–Crippen LogP) is 2.42. The first-order valence-corrected chi connectivity index (χ1v) is 6.11. The molecule has 1 N–H and O–H groups in total. The number of hydrogen-bond acceptors (Lipinski definition) is 3. The third-order valence-corrected chi connectivity index (χ3v) is 3.93. The molecule has 0 aromatic carbocycles. The summed E-state index contributed by atoms with van der Waals surface area (Å²) in [5, 5.41) is 2.75. The molecule has 0 saturated carbocycles. The minimum absolute atomic E-state index is 0.530. The second-order valence-electron chi connectivity index (χ2n) is 3.70. The smallest absolute Gasteiger partial charge is 0.143 e. The van der Waals surface area contributed by atoms with Gasteiger partial charge in [-0.25, -0.2) is 9.99 Å². The van der Waals surface area contributed by atoms with Gasteiger partial charge in [0.25, 0.3) is 0 Å². The van der Waals surface area contributed by atoms with Gasteiger partial charge >= 0.3 is 0 Å². The van der Waals surface area contributed by atoms with Crippen molar-refractivity contribution in [3.05, 3.63) is 27.5 Å². The van der Waals surface area contributed by atoms with E-state index in [2.05, 4.69) is 37.4 Å². The summed E-state index contributed by atoms with van der Waals surface area (Å²) in [5.41, 5.74) is 4.42. The highest BCUT2D eigenvalue weighted by Gasteiger charge is 2.23. The monoisotopic (exact) mass is 289 g/mol. The predicted molar refractivity (Wildman–Crippen MR) is 64.9 cm³/mol. The molecule has 0 aliphatic carbocycles. The van der Waals surface area contributed by atoms with Crippen LogP contribution >= 0.6 is 27.5 Å². The Morgan fingerprint density at radius 3 is 3.07 bits per heavy atom. The average molecular weight is 291 g/mol. The summed E-state index contributed by atoms with van der Waals surface area (Å²) in [4.78, 5) is 4.15. The lowest BCUT2D eigenvalue weighted by Gasteiger charge is -2.14. The second-order valence-corrected chi connectivity index (χ2v) is 4.91. The maximum Gasteiger partial charge on any atom is 0.143 e. The normalized spacial score (nSPS) is 22.2. The minimum Gasteiger partial charge on any atom is -0.258 e. The molecule has 1 saturated heterocycles. The van der Waals surface area contributed by atoms with Crippen molar-refractivity contribution >= 4 is 27.5 Å². The van der Waals surface area contributed by atoms with E-state index in [-0.39, 0.29) is 0 Å². The number of nitrogens with one attached hydrogen (secondary N) is 1. The Labute approximate surface area is 103 Å². The Morgan fingerprint density at radius 2 is 2.47 bits per heavy atom. The maximum atomic E-state index is 5.86. The Kier molecular flexibility index (Phi) is 3.61. The molecule has 0 amide bonds. The SMILES string of the molecule is CNN1CC[C@@H](c2cnc(Cl)c(Br)c2)C1. The van der Waals surface area contributed by atoms with E-state index in [1.165, 1.54) is 5.56 Å². The second kappa shape index (κ2) is 4.78. The summed E-state index contributed by atoms with van der Waals surface area (Å²) < 4.78 is 0.879. The zero-order chi connectivity index (χ0) is 10.8. The van der Waals surface area contributed by atoms with E-state index in [9.17, 15) is 0 Å². The number of pyridine rings is 1. The topological polar surface area (TPSA) is 28.2 Å². The minimum atomic E-state index is 0.530. The van der Waals surface area contributed by atoms with Crippen LogP contribution in [0.3, 0.4) is 0 Å². The Balaban J connectivity index is 2.13. The fourth-order valence-electron chi connectivity index (χ4n) is 1.89. The molecule has 1 aliphatic heterocycles. The van der Waals surface area contributed by atoms with Crippen LogP contribution in [0.4, 0.5) is 0 Å². The van der Waals surface area contributed by atoms with Crippen LogP contribution in [-0.2, 0) is 0 Å². The average Bonchev–Trinajstić information content (AvgIpc) is 2.70. The molecular formula is C10H13BrClN3. The molecule has 1 fully saturated rings. The molecule has 0 bridgehead atoms. The summed E-state index contributed by atoms with van der Waals surface area (Å²) in [6.45, 7) is 2.12. The molecule has 0 radical (unpaired) electrons. The van der Waals surface area contributed by atoms with Crippen molar-refractivity contribution in [2.75, 3.05) is 20.1 Å². The van der Waals surface area contributed by atoms with E-state index >= 15 is 0 Å². The lowest BCUT2D eigenvalue weighted by atomic mass is 10.0. The molecule has 0 unspecified atom stereocenters. The van der Waals surface area contributed by atoms with Gasteiger partial charge in [0.1, 0.15) is 5.15 Å². The van der Waals surface area contributed by atoms with Crippen molar-refractivity contribution in [1.29, 1.82) is 0 Å². The highest BCUT2D eigenvalue weighted by molar-refractivity contribution is 9.10. The van der Waals surface area contributed by atoms with Crippen LogP contribution in [0.1, 0.15) is 17.9 Å². The van der Waals surface area contributed by atoms with Gasteiger partial charge in [0.15, 0.2) is 0 Å². The van der Waals surface area contributed by atoms with Crippen molar-refractivity contribution in [1.82, 2.24) is 15.4 Å². The van der Waals surface area contributed by atoms with Crippen LogP contribution in [0.15, 0.2) is 16.7 Å². The van der Waals surface area contributed by atoms with Gasteiger partial charge < -0.3 is 0 Å². The molecule has 1 aromatic heterocycles. The van der Waals surface area contributed by atoms with Crippen LogP contribution in [0.2, 0.25) is 5.15 Å². The third kappa shape index (κ3) is 2.50. The molecule has 5 heteroatoms. The van der Waals surface area contributed by atoms with Crippen molar-refractivity contribution in [2.24, 2.45) is 0 Å². The quantitative estimate of drug-likeness (QED) is 0.848. The first kappa shape index (κ1) is 11.3. The van der Waals surface area contributed by atoms with Crippen LogP contribution in [0.25, 0.3) is 0 Å². The molecular weight excluding hydrogens is 277 g/mol. The molecule has 0 spiro atoms. The Hall–Kier alpha value is -0.160. The highest BCUT2D eigenvalue weighted by atomic mass is 79.9. The summed E-state index contributed by atoms with van der Waals surface area (Å²) in [6.07, 6.45) is 3.04. The largest absolute Gasteiger partial charge is 0.258 e. The van der Waals surface area contributed by atoms with Gasteiger partial charge in [-0.2, -0.15) is 0 Å². The molecule has 1 atom stereocenters. The molecule has 82 valence electrons. The maximum absolute atomic E-state index is 5.86. The van der Waals surface area contributed by atoms with Gasteiger partial charge in [-0.3, -0.25) is 5.43 Å². The summed E-state index contributed by atoms with van der Waals surface area (Å²) in [7, 11) is 1.96. The molecule has 15 heavy (non-hydrogen) atoms. The van der Waals surface area contributed by atoms with Crippen molar-refractivity contribution in [3.8, 4) is 0 Å². The van der Waals surface area contributed by atoms with E-state index in [4.69, 9.17) is 11.6 Å². The van der Waals surface area contributed by atoms with Crippen LogP contribution in [-0.4, -0.2) is 30.1 Å². The number of nitrogens with zero attached hydrogens (tertiary/aromatic N) is 2. The molecule has 1 aromatic rings. The van der Waals surface area contributed by atoms with Crippen LogP contribution in [0, 0.1) is 0 Å². The molecule has 3 nitrogen and oxygen atoms in total. The fraction of sp³-hybridized carbons (Fsp3) is 0.500. The van der Waals surface area contributed by atoms with Gasteiger partial charge in [0, 0.05) is 25.2 Å². The third-order valence-electron chi connectivity index (χ3n) is 2.79. The number of hydrogen-bond donors (Lipinski definition) is 1. The van der Waals surface area contributed by atoms with E-state index in [1.807, 2.05) is 13.2 Å². The number of halogens is 2. The number of aromatic nitrogens is 1.